The van der Waals surface area contributed by atoms with Gasteiger partial charge in [-0.3, -0.25) is 0 Å². The van der Waals surface area contributed by atoms with E-state index in [0.29, 0.717) is 22.7 Å². The second-order valence-corrected chi connectivity index (χ2v) is 10.6. The molecule has 4 aromatic rings. The first-order valence-electron chi connectivity index (χ1n) is 14.4. The summed E-state index contributed by atoms with van der Waals surface area (Å²) >= 11 is 0. The molecule has 9 N–H and O–H groups in total. The number of nitrogen functional groups attached to an aromatic ring is 4. The summed E-state index contributed by atoms with van der Waals surface area (Å²) < 4.78 is 0. The van der Waals surface area contributed by atoms with Gasteiger partial charge in [-0.05, 0) is 38.6 Å². The summed E-state index contributed by atoms with van der Waals surface area (Å²) in [7, 11) is 0. The lowest BCUT2D eigenvalue weighted by Crippen LogP contribution is -2.11. The van der Waals surface area contributed by atoms with Gasteiger partial charge in [0.05, 0.1) is 22.7 Å². The topological polar surface area (TPSA) is 116 Å². The quantitative estimate of drug-likeness (QED) is 0.100. The molecular weight excluding hydrogens is 478 g/mol. The molecule has 0 fully saturated rings. The van der Waals surface area contributed by atoms with Crippen LogP contribution < -0.4 is 28.3 Å². The molecule has 202 valence electrons. The Hall–Kier alpha value is -4.12. The van der Waals surface area contributed by atoms with Gasteiger partial charge in [0.1, 0.15) is 0 Å². The Morgan fingerprint density at radius 3 is 1.69 bits per heavy atom. The van der Waals surface area contributed by atoms with Crippen molar-refractivity contribution in [1.29, 1.82) is 0 Å². The average molecular weight is 520 g/mol. The van der Waals surface area contributed by atoms with Crippen molar-refractivity contribution in [3.8, 4) is 0 Å². The Morgan fingerprint density at radius 2 is 1.03 bits per heavy atom. The van der Waals surface area contributed by atoms with Gasteiger partial charge in [0.2, 0.25) is 0 Å². The smallest absolute Gasteiger partial charge is 0.0811 e. The van der Waals surface area contributed by atoms with Crippen molar-refractivity contribution < 1.29 is 0 Å². The van der Waals surface area contributed by atoms with E-state index in [4.69, 9.17) is 22.9 Å². The number of hydrogen-bond acceptors (Lipinski definition) is 5. The highest BCUT2D eigenvalue weighted by Crippen LogP contribution is 2.35. The monoisotopic (exact) mass is 519 g/mol. The first-order chi connectivity index (χ1) is 19.0. The van der Waals surface area contributed by atoms with E-state index in [0.717, 1.165) is 60.4 Å². The minimum Gasteiger partial charge on any atom is -0.398 e. The number of rotatable bonds is 10. The van der Waals surface area contributed by atoms with E-state index in [9.17, 15) is 0 Å². The van der Waals surface area contributed by atoms with Crippen LogP contribution >= 0.6 is 0 Å². The minimum atomic E-state index is 0.396. The van der Waals surface area contributed by atoms with Crippen molar-refractivity contribution in [3.05, 3.63) is 108 Å². The summed E-state index contributed by atoms with van der Waals surface area (Å²) in [6.45, 7) is 3.07. The fraction of sp³-hybridized carbons (Fsp3) is 0.294. The summed E-state index contributed by atoms with van der Waals surface area (Å²) in [6.07, 6.45) is 10.1. The zero-order chi connectivity index (χ0) is 27.4. The highest BCUT2D eigenvalue weighted by atomic mass is 14.9. The summed E-state index contributed by atoms with van der Waals surface area (Å²) in [5.41, 5.74) is 29.7. The molecule has 0 bridgehead atoms. The lowest BCUT2D eigenvalue weighted by molar-refractivity contribution is 0.581. The maximum absolute atomic E-state index is 6.81. The summed E-state index contributed by atoms with van der Waals surface area (Å²) in [5.74, 6) is 0. The Morgan fingerprint density at radius 1 is 0.487 bits per heavy atom. The van der Waals surface area contributed by atoms with Crippen LogP contribution in [0.5, 0.6) is 0 Å². The van der Waals surface area contributed by atoms with Gasteiger partial charge in [0.15, 0.2) is 0 Å². The van der Waals surface area contributed by atoms with E-state index in [-0.39, 0.29) is 0 Å². The van der Waals surface area contributed by atoms with Crippen LogP contribution in [0.1, 0.15) is 58.3 Å². The van der Waals surface area contributed by atoms with E-state index in [2.05, 4.69) is 66.8 Å². The molecule has 0 aromatic heterocycles. The van der Waals surface area contributed by atoms with Gasteiger partial charge in [0.25, 0.3) is 0 Å². The fourth-order valence-corrected chi connectivity index (χ4v) is 5.96. The van der Waals surface area contributed by atoms with Gasteiger partial charge in [-0.2, -0.15) is 0 Å². The molecule has 39 heavy (non-hydrogen) atoms. The first kappa shape index (κ1) is 26.5. The van der Waals surface area contributed by atoms with Gasteiger partial charge >= 0.3 is 0 Å². The number of nitrogens with one attached hydrogen (secondary N) is 1. The third-order valence-electron chi connectivity index (χ3n) is 8.00. The van der Waals surface area contributed by atoms with Crippen LogP contribution in [0, 0.1) is 41.7 Å². The number of nitrogens with two attached hydrogens (primary N) is 4. The van der Waals surface area contributed by atoms with Crippen molar-refractivity contribution in [3.63, 3.8) is 0 Å². The Kier molecular flexibility index (Phi) is 7.97. The molecule has 0 spiro atoms. The molecule has 0 saturated heterocycles. The van der Waals surface area contributed by atoms with Crippen molar-refractivity contribution in [2.45, 2.75) is 58.3 Å². The van der Waals surface area contributed by atoms with Crippen molar-refractivity contribution in [2.24, 2.45) is 0 Å². The first-order valence-corrected chi connectivity index (χ1v) is 14.4. The Bertz CT molecular complexity index is 1880. The van der Waals surface area contributed by atoms with Gasteiger partial charge < -0.3 is 28.3 Å². The molecule has 0 unspecified atom stereocenters. The summed E-state index contributed by atoms with van der Waals surface area (Å²) in [6, 6.07) is 23.0. The third-order valence-corrected chi connectivity index (χ3v) is 8.00. The maximum atomic E-state index is 6.81. The molecule has 5 heteroatoms. The molecule has 0 saturated carbocycles. The summed E-state index contributed by atoms with van der Waals surface area (Å²) in [5, 5.41) is 11.9. The van der Waals surface area contributed by atoms with Crippen molar-refractivity contribution in [1.82, 2.24) is 0 Å². The van der Waals surface area contributed by atoms with Crippen LogP contribution in [0.3, 0.4) is 0 Å². The van der Waals surface area contributed by atoms with E-state index >= 15 is 0 Å². The molecule has 0 radical (unpaired) electrons. The number of fused-ring (bicyclic) bond motifs is 4. The summed E-state index contributed by atoms with van der Waals surface area (Å²) in [4.78, 5) is 0. The molecule has 1 aliphatic rings. The van der Waals surface area contributed by atoms with Crippen LogP contribution in [-0.4, -0.2) is 6.54 Å². The Balaban J connectivity index is 1.79. The predicted octanol–water partition coefficient (Wildman–Crippen LogP) is 7.03. The highest BCUT2D eigenvalue weighted by molar-refractivity contribution is 5.88. The van der Waals surface area contributed by atoms with E-state index in [1.807, 2.05) is 12.1 Å². The molecule has 0 aliphatic heterocycles. The fourth-order valence-electron chi connectivity index (χ4n) is 5.96. The molecule has 5 nitrogen and oxygen atoms in total. The van der Waals surface area contributed by atoms with Gasteiger partial charge in [-0.15, -0.1) is 0 Å². The minimum absolute atomic E-state index is 0.396. The maximum Gasteiger partial charge on any atom is 0.0811 e. The highest BCUT2D eigenvalue weighted by Gasteiger charge is 2.15. The van der Waals surface area contributed by atoms with Gasteiger partial charge in [-0.1, -0.05) is 113 Å². The van der Waals surface area contributed by atoms with Crippen molar-refractivity contribution in [2.75, 3.05) is 34.8 Å². The van der Waals surface area contributed by atoms with Crippen LogP contribution in [-0.2, 0) is 0 Å². The predicted molar refractivity (Wildman–Crippen MR) is 165 cm³/mol. The number of unbranched alkanes of at least 4 members (excludes halogenated alkanes) is 7. The van der Waals surface area contributed by atoms with Crippen molar-refractivity contribution >= 4 is 28.4 Å². The molecule has 4 aromatic carbocycles. The number of anilines is 5. The molecule has 0 atom stereocenters. The van der Waals surface area contributed by atoms with Crippen LogP contribution in [0.25, 0.3) is 0 Å². The van der Waals surface area contributed by atoms with E-state index in [1.165, 1.54) is 44.9 Å². The van der Waals surface area contributed by atoms with Crippen LogP contribution in [0.2, 0.25) is 0 Å². The standard InChI is InChI=1S/C34H41N5/c1-2-3-4-5-6-7-8-13-21-39-34-29-26-18-12-11-17-24(26)22-15-9-10-16-23(22)25-19-14-20-27(35)28(25)30(29)31(36)32(37)33(34)38/h9-12,14-20,39H,2-8,13,21,35-38H2,1H3/b24-22-,25-23-,29-26+,30-28-. The second kappa shape index (κ2) is 11.7. The van der Waals surface area contributed by atoms with E-state index < -0.39 is 0 Å². The van der Waals surface area contributed by atoms with Crippen LogP contribution in [0.4, 0.5) is 28.4 Å². The Labute approximate surface area is 229 Å². The average Bonchev–Trinajstić information content (AvgIpc) is 2.95. The SMILES string of the molecule is CCCCCCCCCCNc1c(N)c(N)c(N)c2/c1=c1/cccc/c1=c1\cccc\c1=c1/cccc(N)/c1=2. The molecule has 1 aliphatic carbocycles. The van der Waals surface area contributed by atoms with Crippen LogP contribution in [0.15, 0.2) is 66.7 Å². The lowest BCUT2D eigenvalue weighted by atomic mass is 9.98. The second-order valence-electron chi connectivity index (χ2n) is 10.6. The molecular formula is C34H41N5. The molecule has 0 heterocycles. The molecule has 0 amide bonds. The zero-order valence-electron chi connectivity index (χ0n) is 23.0. The largest absolute Gasteiger partial charge is 0.398 e. The number of benzene rings is 4. The number of hydrogen-bond donors (Lipinski definition) is 5. The lowest BCUT2D eigenvalue weighted by Gasteiger charge is -2.17. The normalized spacial score (nSPS) is 15.2. The van der Waals surface area contributed by atoms with Gasteiger partial charge in [-0.25, -0.2) is 0 Å². The van der Waals surface area contributed by atoms with Gasteiger partial charge in [0, 0.05) is 27.9 Å². The third kappa shape index (κ3) is 5.01. The zero-order valence-corrected chi connectivity index (χ0v) is 23.0. The van der Waals surface area contributed by atoms with E-state index in [1.54, 1.807) is 0 Å². The molecule has 5 rings (SSSR count).